The molecule has 1 atom stereocenters. The van der Waals surface area contributed by atoms with Crippen molar-refractivity contribution in [2.45, 2.75) is 38.3 Å². The summed E-state index contributed by atoms with van der Waals surface area (Å²) in [4.78, 5) is 2.16. The van der Waals surface area contributed by atoms with E-state index in [4.69, 9.17) is 5.26 Å². The molecule has 0 radical (unpaired) electrons. The molecular weight excluding hydrogens is 243 g/mol. The fourth-order valence-electron chi connectivity index (χ4n) is 2.46. The number of rotatable bonds is 2. The van der Waals surface area contributed by atoms with Crippen LogP contribution in [0.1, 0.15) is 37.3 Å². The van der Waals surface area contributed by atoms with Gasteiger partial charge in [-0.3, -0.25) is 4.90 Å². The van der Waals surface area contributed by atoms with E-state index in [0.29, 0.717) is 24.1 Å². The summed E-state index contributed by atoms with van der Waals surface area (Å²) in [6.07, 6.45) is 2.43. The van der Waals surface area contributed by atoms with Crippen LogP contribution in [0.4, 0.5) is 4.39 Å². The van der Waals surface area contributed by atoms with Crippen LogP contribution in [-0.4, -0.2) is 28.7 Å². The zero-order valence-electron chi connectivity index (χ0n) is 11.2. The van der Waals surface area contributed by atoms with Crippen molar-refractivity contribution in [1.29, 1.82) is 5.26 Å². The zero-order valence-corrected chi connectivity index (χ0v) is 11.2. The Labute approximate surface area is 113 Å². The van der Waals surface area contributed by atoms with Crippen LogP contribution >= 0.6 is 0 Å². The molecule has 1 unspecified atom stereocenters. The largest absolute Gasteiger partial charge is 0.390 e. The van der Waals surface area contributed by atoms with Crippen molar-refractivity contribution in [2.75, 3.05) is 13.1 Å². The molecule has 1 N–H and O–H groups in total. The number of nitriles is 1. The van der Waals surface area contributed by atoms with Crippen LogP contribution in [0.5, 0.6) is 0 Å². The molecule has 19 heavy (non-hydrogen) atoms. The highest BCUT2D eigenvalue weighted by Crippen LogP contribution is 2.23. The Morgan fingerprint density at radius 2 is 2.21 bits per heavy atom. The normalized spacial score (nSPS) is 24.7. The predicted octanol–water partition coefficient (Wildman–Crippen LogP) is 2.43. The number of hydrogen-bond acceptors (Lipinski definition) is 3. The molecule has 1 saturated heterocycles. The Morgan fingerprint density at radius 3 is 2.89 bits per heavy atom. The van der Waals surface area contributed by atoms with Gasteiger partial charge in [0.15, 0.2) is 0 Å². The van der Waals surface area contributed by atoms with Gasteiger partial charge in [-0.15, -0.1) is 0 Å². The molecule has 0 bridgehead atoms. The molecule has 2 rings (SSSR count). The maximum Gasteiger partial charge on any atom is 0.129 e. The van der Waals surface area contributed by atoms with Gasteiger partial charge in [-0.1, -0.05) is 6.07 Å². The fraction of sp³-hybridized carbons (Fsp3) is 0.533. The van der Waals surface area contributed by atoms with Crippen LogP contribution in [0.25, 0.3) is 0 Å². The highest BCUT2D eigenvalue weighted by Gasteiger charge is 2.25. The number of aliphatic hydroxyl groups is 1. The molecule has 0 spiro atoms. The van der Waals surface area contributed by atoms with Gasteiger partial charge < -0.3 is 5.11 Å². The maximum absolute atomic E-state index is 13.8. The third kappa shape index (κ3) is 3.76. The number of hydrogen-bond donors (Lipinski definition) is 1. The topological polar surface area (TPSA) is 47.3 Å². The molecule has 1 aromatic rings. The van der Waals surface area contributed by atoms with Crippen LogP contribution in [0.3, 0.4) is 0 Å². The summed E-state index contributed by atoms with van der Waals surface area (Å²) in [6.45, 7) is 4.04. The standard InChI is InChI=1S/C15H19FN2O/c1-15(19)5-2-7-18(8-6-15)11-13-4-3-12(10-17)9-14(13)16/h3-4,9,19H,2,5-8,11H2,1H3. The van der Waals surface area contributed by atoms with E-state index in [1.165, 1.54) is 6.07 Å². The fourth-order valence-corrected chi connectivity index (χ4v) is 2.46. The quantitative estimate of drug-likeness (QED) is 0.890. The van der Waals surface area contributed by atoms with Crippen LogP contribution in [-0.2, 0) is 6.54 Å². The van der Waals surface area contributed by atoms with E-state index >= 15 is 0 Å². The van der Waals surface area contributed by atoms with E-state index in [1.54, 1.807) is 12.1 Å². The lowest BCUT2D eigenvalue weighted by Gasteiger charge is -2.22. The summed E-state index contributed by atoms with van der Waals surface area (Å²) < 4.78 is 13.8. The Morgan fingerprint density at radius 1 is 1.42 bits per heavy atom. The summed E-state index contributed by atoms with van der Waals surface area (Å²) in [5.74, 6) is -0.324. The Kier molecular flexibility index (Phi) is 4.18. The van der Waals surface area contributed by atoms with E-state index < -0.39 is 5.60 Å². The minimum Gasteiger partial charge on any atom is -0.390 e. The van der Waals surface area contributed by atoms with Gasteiger partial charge in [-0.25, -0.2) is 4.39 Å². The van der Waals surface area contributed by atoms with Gasteiger partial charge in [0.05, 0.1) is 17.2 Å². The first-order chi connectivity index (χ1) is 9.00. The Bertz CT molecular complexity index is 493. The number of halogens is 1. The van der Waals surface area contributed by atoms with Gasteiger partial charge in [0, 0.05) is 18.7 Å². The number of likely N-dealkylation sites (tertiary alicyclic amines) is 1. The van der Waals surface area contributed by atoms with Crippen molar-refractivity contribution in [3.8, 4) is 6.07 Å². The lowest BCUT2D eigenvalue weighted by atomic mass is 9.98. The third-order valence-electron chi connectivity index (χ3n) is 3.73. The molecule has 3 nitrogen and oxygen atoms in total. The molecular formula is C15H19FN2O. The highest BCUT2D eigenvalue weighted by atomic mass is 19.1. The maximum atomic E-state index is 13.8. The first kappa shape index (κ1) is 14.0. The molecule has 1 aliphatic rings. The Balaban J connectivity index is 2.03. The zero-order chi connectivity index (χ0) is 13.9. The van der Waals surface area contributed by atoms with Gasteiger partial charge >= 0.3 is 0 Å². The van der Waals surface area contributed by atoms with Crippen molar-refractivity contribution < 1.29 is 9.50 Å². The van der Waals surface area contributed by atoms with Crippen molar-refractivity contribution in [3.05, 3.63) is 35.1 Å². The lowest BCUT2D eigenvalue weighted by Crippen LogP contribution is -2.28. The van der Waals surface area contributed by atoms with Crippen molar-refractivity contribution in [1.82, 2.24) is 4.90 Å². The summed E-state index contributed by atoms with van der Waals surface area (Å²) in [6, 6.07) is 6.54. The van der Waals surface area contributed by atoms with Crippen molar-refractivity contribution in [2.24, 2.45) is 0 Å². The summed E-state index contributed by atoms with van der Waals surface area (Å²) in [7, 11) is 0. The second kappa shape index (κ2) is 5.68. The van der Waals surface area contributed by atoms with Gasteiger partial charge in [0.25, 0.3) is 0 Å². The van der Waals surface area contributed by atoms with E-state index in [1.807, 2.05) is 13.0 Å². The second-order valence-corrected chi connectivity index (χ2v) is 5.54. The van der Waals surface area contributed by atoms with E-state index in [9.17, 15) is 9.50 Å². The van der Waals surface area contributed by atoms with E-state index in [2.05, 4.69) is 4.90 Å². The van der Waals surface area contributed by atoms with E-state index in [0.717, 1.165) is 25.9 Å². The monoisotopic (exact) mass is 262 g/mol. The molecule has 1 aliphatic heterocycles. The molecule has 1 fully saturated rings. The average Bonchev–Trinajstić information content (AvgIpc) is 2.53. The minimum atomic E-state index is -0.599. The molecule has 102 valence electrons. The highest BCUT2D eigenvalue weighted by molar-refractivity contribution is 5.32. The molecule has 0 aliphatic carbocycles. The van der Waals surface area contributed by atoms with Gasteiger partial charge in [-0.05, 0) is 44.9 Å². The average molecular weight is 262 g/mol. The SMILES string of the molecule is CC1(O)CCCN(Cc2ccc(C#N)cc2F)CC1. The summed E-state index contributed by atoms with van der Waals surface area (Å²) >= 11 is 0. The molecule has 0 amide bonds. The van der Waals surface area contributed by atoms with Gasteiger partial charge in [0.1, 0.15) is 5.82 Å². The molecule has 0 saturated carbocycles. The van der Waals surface area contributed by atoms with Crippen LogP contribution in [0, 0.1) is 17.1 Å². The molecule has 1 aromatic carbocycles. The third-order valence-corrected chi connectivity index (χ3v) is 3.73. The number of benzene rings is 1. The Hall–Kier alpha value is -1.44. The van der Waals surface area contributed by atoms with Gasteiger partial charge in [-0.2, -0.15) is 5.26 Å². The van der Waals surface area contributed by atoms with Crippen LogP contribution in [0.15, 0.2) is 18.2 Å². The molecule has 0 aromatic heterocycles. The van der Waals surface area contributed by atoms with Gasteiger partial charge in [0.2, 0.25) is 0 Å². The predicted molar refractivity (Wildman–Crippen MR) is 70.9 cm³/mol. The summed E-state index contributed by atoms with van der Waals surface area (Å²) in [5, 5.41) is 18.7. The van der Waals surface area contributed by atoms with Crippen LogP contribution < -0.4 is 0 Å². The van der Waals surface area contributed by atoms with Crippen molar-refractivity contribution >= 4 is 0 Å². The first-order valence-corrected chi connectivity index (χ1v) is 6.63. The van der Waals surface area contributed by atoms with Crippen molar-refractivity contribution in [3.63, 3.8) is 0 Å². The second-order valence-electron chi connectivity index (χ2n) is 5.54. The number of nitrogens with zero attached hydrogens (tertiary/aromatic N) is 2. The van der Waals surface area contributed by atoms with Crippen LogP contribution in [0.2, 0.25) is 0 Å². The van der Waals surface area contributed by atoms with E-state index in [-0.39, 0.29) is 5.82 Å². The summed E-state index contributed by atoms with van der Waals surface area (Å²) in [5.41, 5.74) is 0.360. The molecule has 4 heteroatoms. The smallest absolute Gasteiger partial charge is 0.129 e. The first-order valence-electron chi connectivity index (χ1n) is 6.63. The minimum absolute atomic E-state index is 0.324. The lowest BCUT2D eigenvalue weighted by molar-refractivity contribution is 0.0444. The molecule has 1 heterocycles.